The van der Waals surface area contributed by atoms with Crippen molar-refractivity contribution in [2.24, 2.45) is 5.92 Å². The summed E-state index contributed by atoms with van der Waals surface area (Å²) >= 11 is 8.38. The Balaban J connectivity index is 1.89. The number of nitrogens with one attached hydrogen (secondary N) is 2. The van der Waals surface area contributed by atoms with Crippen LogP contribution in [0.5, 0.6) is 5.75 Å². The lowest BCUT2D eigenvalue weighted by Crippen LogP contribution is -2.17. The van der Waals surface area contributed by atoms with Crippen LogP contribution in [0.25, 0.3) is 0 Å². The van der Waals surface area contributed by atoms with E-state index in [2.05, 4.69) is 20.8 Å². The minimum absolute atomic E-state index is 0.126. The molecule has 10 heteroatoms. The highest BCUT2D eigenvalue weighted by atomic mass is 35.5. The molecule has 0 atom stereocenters. The van der Waals surface area contributed by atoms with Crippen LogP contribution in [-0.4, -0.2) is 34.9 Å². The van der Waals surface area contributed by atoms with E-state index < -0.39 is 0 Å². The second-order valence-corrected chi connectivity index (χ2v) is 7.83. The minimum Gasteiger partial charge on any atom is -0.495 e. The Labute approximate surface area is 158 Å². The van der Waals surface area contributed by atoms with E-state index in [9.17, 15) is 9.59 Å². The summed E-state index contributed by atoms with van der Waals surface area (Å²) in [5.41, 5.74) is 0.503. The Morgan fingerprint density at radius 3 is 2.76 bits per heavy atom. The van der Waals surface area contributed by atoms with Gasteiger partial charge in [0, 0.05) is 10.9 Å². The van der Waals surface area contributed by atoms with Crippen molar-refractivity contribution in [2.45, 2.75) is 18.2 Å². The van der Waals surface area contributed by atoms with Gasteiger partial charge in [0.2, 0.25) is 16.9 Å². The third-order valence-electron chi connectivity index (χ3n) is 2.92. The van der Waals surface area contributed by atoms with E-state index in [-0.39, 0.29) is 23.5 Å². The molecule has 2 N–H and O–H groups in total. The maximum atomic E-state index is 12.1. The van der Waals surface area contributed by atoms with Gasteiger partial charge < -0.3 is 15.4 Å². The van der Waals surface area contributed by atoms with Crippen molar-refractivity contribution < 1.29 is 14.3 Å². The fourth-order valence-electron chi connectivity index (χ4n) is 1.66. The Morgan fingerprint density at radius 2 is 2.08 bits per heavy atom. The number of nitrogens with zero attached hydrogens (tertiary/aromatic N) is 2. The van der Waals surface area contributed by atoms with Crippen LogP contribution in [0.3, 0.4) is 0 Å². The molecule has 0 spiro atoms. The number of thioether (sulfide) groups is 1. The van der Waals surface area contributed by atoms with E-state index in [4.69, 9.17) is 16.3 Å². The number of anilines is 2. The number of amides is 2. The normalized spacial score (nSPS) is 10.6. The van der Waals surface area contributed by atoms with Gasteiger partial charge in [-0.15, -0.1) is 10.2 Å². The van der Waals surface area contributed by atoms with Gasteiger partial charge in [-0.3, -0.25) is 9.59 Å². The van der Waals surface area contributed by atoms with E-state index in [1.807, 2.05) is 0 Å². The number of hydrogen-bond acceptors (Lipinski definition) is 7. The molecule has 0 fully saturated rings. The number of carbonyl (C=O) groups is 2. The predicted octanol–water partition coefficient (Wildman–Crippen LogP) is 3.53. The molecule has 0 radical (unpaired) electrons. The first kappa shape index (κ1) is 19.5. The number of rotatable bonds is 7. The smallest absolute Gasteiger partial charge is 0.234 e. The summed E-state index contributed by atoms with van der Waals surface area (Å²) in [6, 6.07) is 4.98. The molecule has 2 rings (SSSR count). The highest BCUT2D eigenvalue weighted by molar-refractivity contribution is 8.01. The highest BCUT2D eigenvalue weighted by Gasteiger charge is 2.13. The van der Waals surface area contributed by atoms with Gasteiger partial charge in [-0.25, -0.2) is 0 Å². The number of carbonyl (C=O) groups excluding carboxylic acids is 2. The van der Waals surface area contributed by atoms with E-state index >= 15 is 0 Å². The van der Waals surface area contributed by atoms with Crippen molar-refractivity contribution in [3.8, 4) is 5.75 Å². The van der Waals surface area contributed by atoms with E-state index in [0.717, 1.165) is 0 Å². The zero-order valence-electron chi connectivity index (χ0n) is 13.8. The summed E-state index contributed by atoms with van der Waals surface area (Å²) in [4.78, 5) is 23.7. The van der Waals surface area contributed by atoms with Crippen LogP contribution in [0.15, 0.2) is 22.5 Å². The number of ether oxygens (including phenoxy) is 1. The molecule has 0 aliphatic rings. The SMILES string of the molecule is COc1ccc(Cl)cc1NC(=O)CSc1nnc(NC(=O)C(C)C)s1. The van der Waals surface area contributed by atoms with E-state index in [1.165, 1.54) is 30.2 Å². The first-order valence-electron chi connectivity index (χ1n) is 7.29. The Kier molecular flexibility index (Phi) is 7.03. The fourth-order valence-corrected chi connectivity index (χ4v) is 3.39. The molecule has 2 aromatic rings. The average Bonchev–Trinajstić information content (AvgIpc) is 3.00. The van der Waals surface area contributed by atoms with Gasteiger partial charge in [0.15, 0.2) is 4.34 Å². The van der Waals surface area contributed by atoms with Crippen LogP contribution in [0.4, 0.5) is 10.8 Å². The van der Waals surface area contributed by atoms with Crippen LogP contribution in [-0.2, 0) is 9.59 Å². The standard InChI is InChI=1S/C15H17ClN4O3S2/c1-8(2)13(22)18-14-19-20-15(25-14)24-7-12(21)17-10-6-9(16)4-5-11(10)23-3/h4-6,8H,7H2,1-3H3,(H,17,21)(H,18,19,22). The molecule has 1 aromatic carbocycles. The van der Waals surface area contributed by atoms with Crippen LogP contribution in [0.2, 0.25) is 5.02 Å². The van der Waals surface area contributed by atoms with Gasteiger partial charge in [-0.2, -0.15) is 0 Å². The third kappa shape index (κ3) is 5.87. The van der Waals surface area contributed by atoms with Gasteiger partial charge in [-0.1, -0.05) is 48.5 Å². The highest BCUT2D eigenvalue weighted by Crippen LogP contribution is 2.29. The van der Waals surface area contributed by atoms with Crippen LogP contribution < -0.4 is 15.4 Å². The molecule has 0 bridgehead atoms. The summed E-state index contributed by atoms with van der Waals surface area (Å²) in [5.74, 6) is 0.172. The minimum atomic E-state index is -0.228. The Bertz CT molecular complexity index is 767. The second-order valence-electron chi connectivity index (χ2n) is 5.20. The summed E-state index contributed by atoms with van der Waals surface area (Å²) in [5, 5.41) is 14.2. The topological polar surface area (TPSA) is 93.2 Å². The predicted molar refractivity (Wildman–Crippen MR) is 101 cm³/mol. The number of methoxy groups -OCH3 is 1. The molecule has 1 heterocycles. The Hall–Kier alpha value is -1.84. The van der Waals surface area contributed by atoms with Gasteiger partial charge in [0.25, 0.3) is 0 Å². The first-order chi connectivity index (χ1) is 11.9. The lowest BCUT2D eigenvalue weighted by atomic mass is 10.2. The van der Waals surface area contributed by atoms with Crippen molar-refractivity contribution in [2.75, 3.05) is 23.5 Å². The molecule has 0 saturated heterocycles. The molecule has 7 nitrogen and oxygen atoms in total. The molecular weight excluding hydrogens is 384 g/mol. The summed E-state index contributed by atoms with van der Waals surface area (Å²) < 4.78 is 5.77. The number of benzene rings is 1. The van der Waals surface area contributed by atoms with Crippen molar-refractivity contribution in [1.82, 2.24) is 10.2 Å². The van der Waals surface area contributed by atoms with Crippen LogP contribution >= 0.6 is 34.7 Å². The fraction of sp³-hybridized carbons (Fsp3) is 0.333. The number of aromatic nitrogens is 2. The molecule has 134 valence electrons. The number of halogens is 1. The molecule has 25 heavy (non-hydrogen) atoms. The zero-order chi connectivity index (χ0) is 18.4. The van der Waals surface area contributed by atoms with E-state index in [1.54, 1.807) is 32.0 Å². The summed E-state index contributed by atoms with van der Waals surface area (Å²) in [6.07, 6.45) is 0. The molecule has 0 aliphatic carbocycles. The lowest BCUT2D eigenvalue weighted by molar-refractivity contribution is -0.119. The quantitative estimate of drug-likeness (QED) is 0.545. The zero-order valence-corrected chi connectivity index (χ0v) is 16.2. The van der Waals surface area contributed by atoms with Crippen molar-refractivity contribution in [3.05, 3.63) is 23.2 Å². The average molecular weight is 401 g/mol. The Morgan fingerprint density at radius 1 is 1.32 bits per heavy atom. The van der Waals surface area contributed by atoms with Crippen molar-refractivity contribution in [1.29, 1.82) is 0 Å². The van der Waals surface area contributed by atoms with Crippen LogP contribution in [0.1, 0.15) is 13.8 Å². The summed E-state index contributed by atoms with van der Waals surface area (Å²) in [7, 11) is 1.52. The molecule has 0 aliphatic heterocycles. The molecular formula is C15H17ClN4O3S2. The maximum Gasteiger partial charge on any atom is 0.234 e. The molecule has 1 aromatic heterocycles. The second kappa shape index (κ2) is 9.02. The van der Waals surface area contributed by atoms with Crippen LogP contribution in [0, 0.1) is 5.92 Å². The molecule has 2 amide bonds. The van der Waals surface area contributed by atoms with Gasteiger partial charge >= 0.3 is 0 Å². The summed E-state index contributed by atoms with van der Waals surface area (Å²) in [6.45, 7) is 3.58. The third-order valence-corrected chi connectivity index (χ3v) is 5.13. The van der Waals surface area contributed by atoms with E-state index in [0.29, 0.717) is 25.9 Å². The van der Waals surface area contributed by atoms with Crippen molar-refractivity contribution >= 4 is 57.3 Å². The first-order valence-corrected chi connectivity index (χ1v) is 9.47. The monoisotopic (exact) mass is 400 g/mol. The number of hydrogen-bond donors (Lipinski definition) is 2. The largest absolute Gasteiger partial charge is 0.495 e. The van der Waals surface area contributed by atoms with Gasteiger partial charge in [0.05, 0.1) is 18.6 Å². The van der Waals surface area contributed by atoms with Crippen molar-refractivity contribution in [3.63, 3.8) is 0 Å². The lowest BCUT2D eigenvalue weighted by Gasteiger charge is -2.09. The van der Waals surface area contributed by atoms with Gasteiger partial charge in [-0.05, 0) is 18.2 Å². The molecule has 0 saturated carbocycles. The maximum absolute atomic E-state index is 12.1. The van der Waals surface area contributed by atoms with Gasteiger partial charge in [0.1, 0.15) is 5.75 Å². The molecule has 0 unspecified atom stereocenters.